The normalized spacial score (nSPS) is 22.3. The van der Waals surface area contributed by atoms with E-state index in [1.807, 2.05) is 5.38 Å². The van der Waals surface area contributed by atoms with E-state index in [2.05, 4.69) is 15.6 Å². The number of carboxylic acids is 1. The minimum absolute atomic E-state index is 0.274. The molecular formula is C14H21N3O3S. The van der Waals surface area contributed by atoms with Crippen LogP contribution in [0.3, 0.4) is 0 Å². The molecule has 1 aliphatic carbocycles. The maximum atomic E-state index is 11.9. The van der Waals surface area contributed by atoms with Gasteiger partial charge in [0.15, 0.2) is 0 Å². The third-order valence-corrected chi connectivity index (χ3v) is 4.44. The molecule has 2 rings (SSSR count). The molecule has 1 aromatic heterocycles. The molecule has 0 saturated heterocycles. The van der Waals surface area contributed by atoms with Gasteiger partial charge in [0.05, 0.1) is 17.1 Å². The second-order valence-corrected chi connectivity index (χ2v) is 6.04. The molecule has 6 nitrogen and oxygen atoms in total. The molecule has 2 unspecified atom stereocenters. The lowest BCUT2D eigenvalue weighted by molar-refractivity contribution is -0.142. The number of carbonyl (C=O) groups is 2. The second kappa shape index (κ2) is 7.97. The fourth-order valence-electron chi connectivity index (χ4n) is 2.66. The molecule has 3 N–H and O–H groups in total. The molecule has 1 aromatic rings. The first-order chi connectivity index (χ1) is 10.2. The van der Waals surface area contributed by atoms with Gasteiger partial charge >= 0.3 is 12.0 Å². The number of aliphatic carboxylic acids is 1. The number of carboxylic acid groups (broad SMARTS) is 1. The Morgan fingerprint density at radius 1 is 1.33 bits per heavy atom. The van der Waals surface area contributed by atoms with Crippen molar-refractivity contribution in [2.75, 3.05) is 6.54 Å². The topological polar surface area (TPSA) is 91.3 Å². The highest BCUT2D eigenvalue weighted by atomic mass is 32.1. The van der Waals surface area contributed by atoms with Gasteiger partial charge in [0.25, 0.3) is 0 Å². The highest BCUT2D eigenvalue weighted by Crippen LogP contribution is 2.23. The van der Waals surface area contributed by atoms with E-state index in [1.165, 1.54) is 11.3 Å². The van der Waals surface area contributed by atoms with E-state index in [-0.39, 0.29) is 12.1 Å². The molecule has 1 saturated carbocycles. The minimum atomic E-state index is -0.815. The summed E-state index contributed by atoms with van der Waals surface area (Å²) in [5, 5.41) is 16.8. The molecule has 1 heterocycles. The number of hydrogen-bond acceptors (Lipinski definition) is 4. The van der Waals surface area contributed by atoms with Gasteiger partial charge in [-0.25, -0.2) is 9.78 Å². The van der Waals surface area contributed by atoms with Gasteiger partial charge in [-0.3, -0.25) is 4.79 Å². The minimum Gasteiger partial charge on any atom is -0.481 e. The first-order valence-corrected chi connectivity index (χ1v) is 8.25. The van der Waals surface area contributed by atoms with Crippen LogP contribution in [0, 0.1) is 5.92 Å². The van der Waals surface area contributed by atoms with Crippen molar-refractivity contribution in [2.24, 2.45) is 5.92 Å². The SMILES string of the molecule is O=C(NCCc1cscn1)NC1CCCCCC1C(=O)O. The van der Waals surface area contributed by atoms with Crippen LogP contribution in [0.25, 0.3) is 0 Å². The molecule has 2 amide bonds. The molecule has 2 atom stereocenters. The predicted octanol–water partition coefficient (Wildman–Crippen LogP) is 2.02. The van der Waals surface area contributed by atoms with Gasteiger partial charge in [-0.15, -0.1) is 11.3 Å². The average Bonchev–Trinajstić information content (AvgIpc) is 2.84. The smallest absolute Gasteiger partial charge is 0.315 e. The Bertz CT molecular complexity index is 464. The molecule has 0 aliphatic heterocycles. The molecule has 0 bridgehead atoms. The molecule has 1 fully saturated rings. The van der Waals surface area contributed by atoms with Crippen molar-refractivity contribution in [3.05, 3.63) is 16.6 Å². The lowest BCUT2D eigenvalue weighted by Crippen LogP contribution is -2.47. The molecule has 116 valence electrons. The van der Waals surface area contributed by atoms with Crippen LogP contribution in [0.15, 0.2) is 10.9 Å². The molecule has 21 heavy (non-hydrogen) atoms. The van der Waals surface area contributed by atoms with Crippen LogP contribution in [0.5, 0.6) is 0 Å². The van der Waals surface area contributed by atoms with Crippen molar-refractivity contribution in [1.82, 2.24) is 15.6 Å². The average molecular weight is 311 g/mol. The van der Waals surface area contributed by atoms with E-state index >= 15 is 0 Å². The Kier molecular flexibility index (Phi) is 5.98. The summed E-state index contributed by atoms with van der Waals surface area (Å²) in [4.78, 5) is 27.3. The van der Waals surface area contributed by atoms with Crippen LogP contribution in [0.4, 0.5) is 4.79 Å². The number of nitrogens with one attached hydrogen (secondary N) is 2. The van der Waals surface area contributed by atoms with Crippen molar-refractivity contribution in [2.45, 2.75) is 44.6 Å². The molecule has 7 heteroatoms. The molecule has 0 spiro atoms. The quantitative estimate of drug-likeness (QED) is 0.726. The van der Waals surface area contributed by atoms with Crippen molar-refractivity contribution < 1.29 is 14.7 Å². The summed E-state index contributed by atoms with van der Waals surface area (Å²) in [7, 11) is 0. The Balaban J connectivity index is 1.77. The maximum absolute atomic E-state index is 11.9. The number of aromatic nitrogens is 1. The first kappa shape index (κ1) is 15.8. The fraction of sp³-hybridized carbons (Fsp3) is 0.643. The van der Waals surface area contributed by atoms with Crippen molar-refractivity contribution in [1.29, 1.82) is 0 Å². The summed E-state index contributed by atoms with van der Waals surface area (Å²) in [6.07, 6.45) is 4.97. The number of nitrogens with zero attached hydrogens (tertiary/aromatic N) is 1. The highest BCUT2D eigenvalue weighted by Gasteiger charge is 2.30. The lowest BCUT2D eigenvalue weighted by Gasteiger charge is -2.23. The van der Waals surface area contributed by atoms with Crippen LogP contribution in [-0.2, 0) is 11.2 Å². The number of thiazole rings is 1. The standard InChI is InChI=1S/C14H21N3O3S/c18-13(19)11-4-2-1-3-5-12(11)17-14(20)15-7-6-10-8-21-9-16-10/h8-9,11-12H,1-7H2,(H,18,19)(H2,15,17,20). The van der Waals surface area contributed by atoms with Gasteiger partial charge < -0.3 is 15.7 Å². The van der Waals surface area contributed by atoms with Crippen molar-refractivity contribution in [3.8, 4) is 0 Å². The van der Waals surface area contributed by atoms with Crippen LogP contribution >= 0.6 is 11.3 Å². The van der Waals surface area contributed by atoms with Crippen LogP contribution < -0.4 is 10.6 Å². The van der Waals surface area contributed by atoms with Crippen LogP contribution in [0.1, 0.15) is 37.8 Å². The third-order valence-electron chi connectivity index (χ3n) is 3.80. The van der Waals surface area contributed by atoms with E-state index < -0.39 is 11.9 Å². The van der Waals surface area contributed by atoms with E-state index in [9.17, 15) is 14.7 Å². The van der Waals surface area contributed by atoms with Crippen LogP contribution in [-0.4, -0.2) is 34.7 Å². The van der Waals surface area contributed by atoms with E-state index in [0.29, 0.717) is 19.4 Å². The van der Waals surface area contributed by atoms with Crippen molar-refractivity contribution >= 4 is 23.3 Å². The Morgan fingerprint density at radius 2 is 2.14 bits per heavy atom. The largest absolute Gasteiger partial charge is 0.481 e. The van der Waals surface area contributed by atoms with Crippen LogP contribution in [0.2, 0.25) is 0 Å². The van der Waals surface area contributed by atoms with Gasteiger partial charge in [-0.2, -0.15) is 0 Å². The third kappa shape index (κ3) is 5.00. The van der Waals surface area contributed by atoms with E-state index in [4.69, 9.17) is 0 Å². The monoisotopic (exact) mass is 311 g/mol. The van der Waals surface area contributed by atoms with Crippen molar-refractivity contribution in [3.63, 3.8) is 0 Å². The highest BCUT2D eigenvalue weighted by molar-refractivity contribution is 7.07. The van der Waals surface area contributed by atoms with Gasteiger partial charge in [-0.05, 0) is 12.8 Å². The first-order valence-electron chi connectivity index (χ1n) is 7.31. The summed E-state index contributed by atoms with van der Waals surface area (Å²) in [6, 6.07) is -0.562. The summed E-state index contributed by atoms with van der Waals surface area (Å²) in [5.74, 6) is -1.29. The van der Waals surface area contributed by atoms with Gasteiger partial charge in [0.2, 0.25) is 0 Å². The molecule has 0 radical (unpaired) electrons. The number of urea groups is 1. The second-order valence-electron chi connectivity index (χ2n) is 5.32. The number of hydrogen-bond donors (Lipinski definition) is 3. The van der Waals surface area contributed by atoms with Gasteiger partial charge in [-0.1, -0.05) is 19.3 Å². The zero-order valence-electron chi connectivity index (χ0n) is 11.9. The lowest BCUT2D eigenvalue weighted by atomic mass is 9.95. The number of rotatable bonds is 5. The van der Waals surface area contributed by atoms with Gasteiger partial charge in [0, 0.05) is 24.4 Å². The van der Waals surface area contributed by atoms with E-state index in [0.717, 1.165) is 31.4 Å². The summed E-state index contributed by atoms with van der Waals surface area (Å²) >= 11 is 1.53. The Labute approximate surface area is 128 Å². The summed E-state index contributed by atoms with van der Waals surface area (Å²) in [5.41, 5.74) is 2.72. The fourth-order valence-corrected chi connectivity index (χ4v) is 3.25. The molecule has 1 aliphatic rings. The predicted molar refractivity (Wildman–Crippen MR) is 80.4 cm³/mol. The Hall–Kier alpha value is -1.63. The zero-order chi connectivity index (χ0) is 15.1. The molecule has 0 aromatic carbocycles. The summed E-state index contributed by atoms with van der Waals surface area (Å²) in [6.45, 7) is 0.500. The Morgan fingerprint density at radius 3 is 2.86 bits per heavy atom. The maximum Gasteiger partial charge on any atom is 0.315 e. The number of amides is 2. The number of carbonyl (C=O) groups excluding carboxylic acids is 1. The molecular weight excluding hydrogens is 290 g/mol. The summed E-state index contributed by atoms with van der Waals surface area (Å²) < 4.78 is 0. The zero-order valence-corrected chi connectivity index (χ0v) is 12.7. The van der Waals surface area contributed by atoms with E-state index in [1.54, 1.807) is 5.51 Å². The van der Waals surface area contributed by atoms with Gasteiger partial charge in [0.1, 0.15) is 0 Å².